The van der Waals surface area contributed by atoms with Gasteiger partial charge in [0, 0.05) is 39.3 Å². The predicted octanol–water partition coefficient (Wildman–Crippen LogP) is 1.13. The predicted molar refractivity (Wildman–Crippen MR) is 109 cm³/mol. The van der Waals surface area contributed by atoms with E-state index in [1.807, 2.05) is 36.1 Å². The first-order chi connectivity index (χ1) is 14.1. The first kappa shape index (κ1) is 20.1. The number of hydrogen-bond acceptors (Lipinski definition) is 6. The van der Waals surface area contributed by atoms with Crippen molar-refractivity contribution in [1.29, 1.82) is 0 Å². The fourth-order valence-electron chi connectivity index (χ4n) is 4.10. The second-order valence-corrected chi connectivity index (χ2v) is 7.76. The molecule has 1 aromatic rings. The highest BCUT2D eigenvalue weighted by Crippen LogP contribution is 2.32. The van der Waals surface area contributed by atoms with Crippen molar-refractivity contribution in [3.05, 3.63) is 41.1 Å². The summed E-state index contributed by atoms with van der Waals surface area (Å²) in [6, 6.07) is 7.84. The van der Waals surface area contributed by atoms with Crippen molar-refractivity contribution in [3.63, 3.8) is 0 Å². The van der Waals surface area contributed by atoms with Crippen LogP contribution in [0.15, 0.2) is 30.0 Å². The number of carbonyl (C=O) groups excluding carboxylic acids is 2. The first-order valence-corrected chi connectivity index (χ1v) is 10.5. The first-order valence-electron chi connectivity index (χ1n) is 10.5. The minimum Gasteiger partial charge on any atom is -0.379 e. The number of hydrogen-bond donors (Lipinski definition) is 0. The number of morpholine rings is 2. The minimum atomic E-state index is -0.178. The Morgan fingerprint density at radius 2 is 1.45 bits per heavy atom. The SMILES string of the molecule is Cc1ccc(C2=C(N3CCOCC3)C(=O)N(CCCN3CCOCC3)C2=O)cc1. The molecule has 7 nitrogen and oxygen atoms in total. The molecule has 3 aliphatic rings. The molecule has 3 heterocycles. The molecular formula is C22H29N3O4. The van der Waals surface area contributed by atoms with Gasteiger partial charge in [0.1, 0.15) is 5.70 Å². The van der Waals surface area contributed by atoms with E-state index < -0.39 is 0 Å². The average Bonchev–Trinajstić information content (AvgIpc) is 3.00. The quantitative estimate of drug-likeness (QED) is 0.669. The summed E-state index contributed by atoms with van der Waals surface area (Å²) in [6.45, 7) is 9.06. The maximum atomic E-state index is 13.3. The van der Waals surface area contributed by atoms with Crippen LogP contribution in [0.25, 0.3) is 5.57 Å². The lowest BCUT2D eigenvalue weighted by molar-refractivity contribution is -0.138. The minimum absolute atomic E-state index is 0.172. The zero-order valence-corrected chi connectivity index (χ0v) is 17.1. The molecule has 2 fully saturated rings. The smallest absolute Gasteiger partial charge is 0.277 e. The van der Waals surface area contributed by atoms with Crippen molar-refractivity contribution in [2.45, 2.75) is 13.3 Å². The molecule has 7 heteroatoms. The monoisotopic (exact) mass is 399 g/mol. The lowest BCUT2D eigenvalue weighted by Gasteiger charge is -2.30. The number of carbonyl (C=O) groups is 2. The molecule has 0 atom stereocenters. The Balaban J connectivity index is 1.53. The second-order valence-electron chi connectivity index (χ2n) is 7.76. The molecule has 0 spiro atoms. The average molecular weight is 399 g/mol. The number of rotatable bonds is 6. The van der Waals surface area contributed by atoms with Gasteiger partial charge in [0.25, 0.3) is 11.8 Å². The van der Waals surface area contributed by atoms with Gasteiger partial charge in [0.2, 0.25) is 0 Å². The molecule has 3 aliphatic heterocycles. The molecule has 0 aliphatic carbocycles. The summed E-state index contributed by atoms with van der Waals surface area (Å²) in [5, 5.41) is 0. The Morgan fingerprint density at radius 1 is 0.828 bits per heavy atom. The standard InChI is InChI=1S/C22H29N3O4/c1-17-3-5-18(6-4-17)19-20(24-11-15-29-16-12-24)22(27)25(21(19)26)8-2-7-23-9-13-28-14-10-23/h3-6H,2,7-16H2,1H3. The zero-order valence-electron chi connectivity index (χ0n) is 17.1. The van der Waals surface area contributed by atoms with Crippen LogP contribution in [0.3, 0.4) is 0 Å². The molecule has 0 bridgehead atoms. The number of amides is 2. The molecule has 1 aromatic carbocycles. The highest BCUT2D eigenvalue weighted by molar-refractivity contribution is 6.35. The maximum absolute atomic E-state index is 13.3. The third-order valence-corrected chi connectivity index (χ3v) is 5.77. The Kier molecular flexibility index (Phi) is 6.28. The van der Waals surface area contributed by atoms with Gasteiger partial charge in [0.15, 0.2) is 0 Å². The summed E-state index contributed by atoms with van der Waals surface area (Å²) in [4.78, 5) is 32.3. The number of aryl methyl sites for hydroxylation is 1. The molecule has 0 aromatic heterocycles. The molecule has 4 rings (SSSR count). The van der Waals surface area contributed by atoms with Crippen LogP contribution >= 0.6 is 0 Å². The van der Waals surface area contributed by atoms with Crippen LogP contribution in [-0.2, 0) is 19.1 Å². The van der Waals surface area contributed by atoms with E-state index in [0.29, 0.717) is 44.1 Å². The van der Waals surface area contributed by atoms with E-state index >= 15 is 0 Å². The Hall–Kier alpha value is -2.22. The van der Waals surface area contributed by atoms with Crippen LogP contribution in [0.2, 0.25) is 0 Å². The lowest BCUT2D eigenvalue weighted by Crippen LogP contribution is -2.41. The summed E-state index contributed by atoms with van der Waals surface area (Å²) in [6.07, 6.45) is 0.773. The number of benzene rings is 1. The highest BCUT2D eigenvalue weighted by atomic mass is 16.5. The molecule has 0 saturated carbocycles. The van der Waals surface area contributed by atoms with Gasteiger partial charge in [-0.1, -0.05) is 29.8 Å². The van der Waals surface area contributed by atoms with Crippen molar-refractivity contribution in [2.24, 2.45) is 0 Å². The molecule has 2 amide bonds. The van der Waals surface area contributed by atoms with Crippen molar-refractivity contribution >= 4 is 17.4 Å². The Morgan fingerprint density at radius 3 is 2.10 bits per heavy atom. The van der Waals surface area contributed by atoms with E-state index in [1.165, 1.54) is 4.90 Å². The van der Waals surface area contributed by atoms with Crippen LogP contribution in [0, 0.1) is 6.92 Å². The molecule has 0 unspecified atom stereocenters. The van der Waals surface area contributed by atoms with Crippen molar-refractivity contribution in [3.8, 4) is 0 Å². The Labute approximate surface area is 171 Å². The van der Waals surface area contributed by atoms with Gasteiger partial charge in [-0.3, -0.25) is 19.4 Å². The zero-order chi connectivity index (χ0) is 20.2. The summed E-state index contributed by atoms with van der Waals surface area (Å²) in [5.41, 5.74) is 3.00. The van der Waals surface area contributed by atoms with Gasteiger partial charge in [-0.05, 0) is 18.9 Å². The Bertz CT molecular complexity index is 778. The van der Waals surface area contributed by atoms with Crippen LogP contribution < -0.4 is 0 Å². The third kappa shape index (κ3) is 4.37. The summed E-state index contributed by atoms with van der Waals surface area (Å²) in [5.74, 6) is -0.350. The largest absolute Gasteiger partial charge is 0.379 e. The third-order valence-electron chi connectivity index (χ3n) is 5.77. The number of nitrogens with zero attached hydrogens (tertiary/aromatic N) is 3. The number of ether oxygens (including phenoxy) is 2. The fourth-order valence-corrected chi connectivity index (χ4v) is 4.10. The molecule has 29 heavy (non-hydrogen) atoms. The highest BCUT2D eigenvalue weighted by Gasteiger charge is 2.41. The van der Waals surface area contributed by atoms with Gasteiger partial charge in [0.05, 0.1) is 32.0 Å². The van der Waals surface area contributed by atoms with E-state index in [9.17, 15) is 9.59 Å². The summed E-state index contributed by atoms with van der Waals surface area (Å²) in [7, 11) is 0. The van der Waals surface area contributed by atoms with Crippen LogP contribution in [0.1, 0.15) is 17.5 Å². The van der Waals surface area contributed by atoms with Crippen LogP contribution in [0.5, 0.6) is 0 Å². The van der Waals surface area contributed by atoms with Gasteiger partial charge in [-0.15, -0.1) is 0 Å². The summed E-state index contributed by atoms with van der Waals surface area (Å²) >= 11 is 0. The van der Waals surface area contributed by atoms with E-state index in [4.69, 9.17) is 9.47 Å². The van der Waals surface area contributed by atoms with E-state index in [0.717, 1.165) is 50.4 Å². The van der Waals surface area contributed by atoms with Gasteiger partial charge in [-0.25, -0.2) is 0 Å². The molecule has 0 radical (unpaired) electrons. The van der Waals surface area contributed by atoms with Gasteiger partial charge < -0.3 is 14.4 Å². The lowest BCUT2D eigenvalue weighted by atomic mass is 10.0. The van der Waals surface area contributed by atoms with Crippen LogP contribution in [0.4, 0.5) is 0 Å². The van der Waals surface area contributed by atoms with Crippen LogP contribution in [-0.4, -0.2) is 92.2 Å². The maximum Gasteiger partial charge on any atom is 0.277 e. The second kappa shape index (κ2) is 9.07. The van der Waals surface area contributed by atoms with Gasteiger partial charge >= 0.3 is 0 Å². The van der Waals surface area contributed by atoms with E-state index in [-0.39, 0.29) is 11.8 Å². The van der Waals surface area contributed by atoms with Crippen molar-refractivity contribution < 1.29 is 19.1 Å². The fraction of sp³-hybridized carbons (Fsp3) is 0.545. The number of imide groups is 1. The van der Waals surface area contributed by atoms with E-state index in [2.05, 4.69) is 4.90 Å². The van der Waals surface area contributed by atoms with Gasteiger partial charge in [-0.2, -0.15) is 0 Å². The molecule has 156 valence electrons. The molecular weight excluding hydrogens is 370 g/mol. The normalized spacial score (nSPS) is 21.4. The van der Waals surface area contributed by atoms with Crippen molar-refractivity contribution in [1.82, 2.24) is 14.7 Å². The molecule has 2 saturated heterocycles. The topological polar surface area (TPSA) is 62.3 Å². The molecule has 0 N–H and O–H groups in total. The van der Waals surface area contributed by atoms with Crippen molar-refractivity contribution in [2.75, 3.05) is 65.7 Å². The van der Waals surface area contributed by atoms with E-state index in [1.54, 1.807) is 0 Å². The summed E-state index contributed by atoms with van der Waals surface area (Å²) < 4.78 is 10.8.